The van der Waals surface area contributed by atoms with E-state index in [1.54, 1.807) is 0 Å². The highest BCUT2D eigenvalue weighted by Crippen LogP contribution is 2.51. The predicted molar refractivity (Wildman–Crippen MR) is 97.5 cm³/mol. The summed E-state index contributed by atoms with van der Waals surface area (Å²) in [5.74, 6) is 0. The highest BCUT2D eigenvalue weighted by atomic mass is 16.2. The zero-order chi connectivity index (χ0) is 17.3. The first-order valence-corrected chi connectivity index (χ1v) is 9.53. The SMILES string of the molecule is N#CC1=C(NC(=O)N2CCCCC2)c2ccccc2CC12CCCC2. The number of allylic oxidation sites excluding steroid dienone is 1. The minimum absolute atomic E-state index is 0.0488. The molecule has 2 aliphatic carbocycles. The smallest absolute Gasteiger partial charge is 0.321 e. The number of nitrogens with one attached hydrogen (secondary N) is 1. The van der Waals surface area contributed by atoms with Crippen LogP contribution in [0.25, 0.3) is 5.70 Å². The number of hydrogen-bond donors (Lipinski definition) is 1. The van der Waals surface area contributed by atoms with Gasteiger partial charge in [0.05, 0.1) is 17.3 Å². The number of piperidine rings is 1. The number of urea groups is 1. The lowest BCUT2D eigenvalue weighted by Gasteiger charge is -2.37. The van der Waals surface area contributed by atoms with Crippen molar-refractivity contribution >= 4 is 11.7 Å². The maximum absolute atomic E-state index is 12.8. The van der Waals surface area contributed by atoms with Crippen molar-refractivity contribution < 1.29 is 4.79 Å². The fourth-order valence-electron chi connectivity index (χ4n) is 4.84. The summed E-state index contributed by atoms with van der Waals surface area (Å²) in [6, 6.07) is 10.7. The number of carbonyl (C=O) groups excluding carboxylic acids is 1. The van der Waals surface area contributed by atoms with E-state index in [9.17, 15) is 10.1 Å². The Labute approximate surface area is 149 Å². The molecule has 1 aromatic rings. The van der Waals surface area contributed by atoms with Crippen LogP contribution >= 0.6 is 0 Å². The fraction of sp³-hybridized carbons (Fsp3) is 0.524. The lowest BCUT2D eigenvalue weighted by atomic mass is 9.68. The molecular formula is C21H25N3O. The quantitative estimate of drug-likeness (QED) is 0.835. The lowest BCUT2D eigenvalue weighted by molar-refractivity contribution is 0.190. The van der Waals surface area contributed by atoms with Gasteiger partial charge < -0.3 is 10.2 Å². The Bertz CT molecular complexity index is 747. The van der Waals surface area contributed by atoms with Crippen LogP contribution in [0.2, 0.25) is 0 Å². The largest absolute Gasteiger partial charge is 0.325 e. The second-order valence-electron chi connectivity index (χ2n) is 7.66. The van der Waals surface area contributed by atoms with E-state index in [4.69, 9.17) is 0 Å². The van der Waals surface area contributed by atoms with Gasteiger partial charge in [-0.3, -0.25) is 0 Å². The average molecular weight is 335 g/mol. The molecule has 0 unspecified atom stereocenters. The topological polar surface area (TPSA) is 56.1 Å². The molecule has 0 atom stereocenters. The summed E-state index contributed by atoms with van der Waals surface area (Å²) in [6.07, 6.45) is 8.69. The first-order valence-electron chi connectivity index (χ1n) is 9.53. The van der Waals surface area contributed by atoms with Gasteiger partial charge in [-0.05, 0) is 44.1 Å². The average Bonchev–Trinajstić information content (AvgIpc) is 3.11. The van der Waals surface area contributed by atoms with E-state index in [1.165, 1.54) is 24.8 Å². The van der Waals surface area contributed by atoms with Crippen molar-refractivity contribution in [1.82, 2.24) is 10.2 Å². The van der Waals surface area contributed by atoms with E-state index in [-0.39, 0.29) is 11.4 Å². The Morgan fingerprint density at radius 2 is 1.80 bits per heavy atom. The highest BCUT2D eigenvalue weighted by molar-refractivity contribution is 5.89. The molecule has 4 heteroatoms. The first kappa shape index (κ1) is 16.2. The number of hydrogen-bond acceptors (Lipinski definition) is 2. The van der Waals surface area contributed by atoms with Gasteiger partial charge in [0.25, 0.3) is 0 Å². The molecule has 0 bridgehead atoms. The van der Waals surface area contributed by atoms with Crippen LogP contribution in [-0.4, -0.2) is 24.0 Å². The van der Waals surface area contributed by atoms with Crippen LogP contribution < -0.4 is 5.32 Å². The van der Waals surface area contributed by atoms with Crippen LogP contribution in [0.5, 0.6) is 0 Å². The third kappa shape index (κ3) is 2.82. The third-order valence-electron chi connectivity index (χ3n) is 6.14. The van der Waals surface area contributed by atoms with Crippen molar-refractivity contribution in [3.05, 3.63) is 41.0 Å². The molecule has 1 N–H and O–H groups in total. The van der Waals surface area contributed by atoms with Gasteiger partial charge in [-0.2, -0.15) is 5.26 Å². The van der Waals surface area contributed by atoms with Gasteiger partial charge >= 0.3 is 6.03 Å². The summed E-state index contributed by atoms with van der Waals surface area (Å²) < 4.78 is 0. The Kier molecular flexibility index (Phi) is 4.25. The molecule has 130 valence electrons. The molecular weight excluding hydrogens is 310 g/mol. The van der Waals surface area contributed by atoms with Crippen LogP contribution in [0.3, 0.4) is 0 Å². The standard InChI is InChI=1S/C21H25N3O/c22-15-18-19(23-20(25)24-12-6-1-7-13-24)17-9-3-2-8-16(17)14-21(18)10-4-5-11-21/h2-3,8-9H,1,4-7,10-14H2,(H,23,25). The summed E-state index contributed by atoms with van der Waals surface area (Å²) in [7, 11) is 0. The van der Waals surface area contributed by atoms with E-state index in [0.717, 1.165) is 62.0 Å². The molecule has 25 heavy (non-hydrogen) atoms. The second-order valence-corrected chi connectivity index (χ2v) is 7.66. The molecule has 1 aliphatic heterocycles. The number of fused-ring (bicyclic) bond motifs is 1. The molecule has 2 fully saturated rings. The fourth-order valence-corrected chi connectivity index (χ4v) is 4.84. The monoisotopic (exact) mass is 335 g/mol. The summed E-state index contributed by atoms with van der Waals surface area (Å²) in [6.45, 7) is 1.63. The molecule has 1 aromatic carbocycles. The van der Waals surface area contributed by atoms with Crippen molar-refractivity contribution in [3.8, 4) is 6.07 Å². The normalized spacial score (nSPS) is 21.8. The Balaban J connectivity index is 1.73. The predicted octanol–water partition coefficient (Wildman–Crippen LogP) is 4.23. The van der Waals surface area contributed by atoms with Gasteiger partial charge in [0.15, 0.2) is 0 Å². The van der Waals surface area contributed by atoms with Crippen molar-refractivity contribution in [2.24, 2.45) is 5.41 Å². The van der Waals surface area contributed by atoms with Crippen LogP contribution in [-0.2, 0) is 6.42 Å². The Morgan fingerprint density at radius 1 is 1.08 bits per heavy atom. The van der Waals surface area contributed by atoms with Gasteiger partial charge in [0.1, 0.15) is 0 Å². The van der Waals surface area contributed by atoms with Crippen LogP contribution in [0.1, 0.15) is 56.1 Å². The molecule has 1 heterocycles. The molecule has 2 amide bonds. The molecule has 1 saturated carbocycles. The molecule has 1 spiro atoms. The zero-order valence-corrected chi connectivity index (χ0v) is 14.7. The Hall–Kier alpha value is -2.28. The number of amides is 2. The second kappa shape index (κ2) is 6.55. The molecule has 0 radical (unpaired) electrons. The number of nitriles is 1. The number of likely N-dealkylation sites (tertiary alicyclic amines) is 1. The minimum atomic E-state index is -0.0758. The summed E-state index contributed by atoms with van der Waals surface area (Å²) >= 11 is 0. The lowest BCUT2D eigenvalue weighted by Crippen LogP contribution is -2.43. The van der Waals surface area contributed by atoms with Gasteiger partial charge in [-0.15, -0.1) is 0 Å². The van der Waals surface area contributed by atoms with E-state index < -0.39 is 0 Å². The maximum atomic E-state index is 12.8. The van der Waals surface area contributed by atoms with E-state index in [1.807, 2.05) is 17.0 Å². The Morgan fingerprint density at radius 3 is 2.52 bits per heavy atom. The van der Waals surface area contributed by atoms with Gasteiger partial charge in [0.2, 0.25) is 0 Å². The van der Waals surface area contributed by atoms with Gasteiger partial charge in [-0.1, -0.05) is 37.1 Å². The number of carbonyl (C=O) groups is 1. The van der Waals surface area contributed by atoms with Crippen molar-refractivity contribution in [2.45, 2.75) is 51.4 Å². The van der Waals surface area contributed by atoms with Gasteiger partial charge in [0, 0.05) is 24.1 Å². The van der Waals surface area contributed by atoms with Crippen LogP contribution in [0, 0.1) is 16.7 Å². The molecule has 4 rings (SSSR count). The van der Waals surface area contributed by atoms with E-state index in [2.05, 4.69) is 23.5 Å². The number of benzene rings is 1. The zero-order valence-electron chi connectivity index (χ0n) is 14.7. The van der Waals surface area contributed by atoms with Crippen molar-refractivity contribution in [3.63, 3.8) is 0 Å². The van der Waals surface area contributed by atoms with Crippen LogP contribution in [0.4, 0.5) is 4.79 Å². The summed E-state index contributed by atoms with van der Waals surface area (Å²) in [4.78, 5) is 14.7. The number of nitrogens with zero attached hydrogens (tertiary/aromatic N) is 2. The number of rotatable bonds is 1. The molecule has 3 aliphatic rings. The van der Waals surface area contributed by atoms with E-state index in [0.29, 0.717) is 0 Å². The molecule has 0 aromatic heterocycles. The van der Waals surface area contributed by atoms with E-state index >= 15 is 0 Å². The van der Waals surface area contributed by atoms with Crippen molar-refractivity contribution in [2.75, 3.05) is 13.1 Å². The third-order valence-corrected chi connectivity index (χ3v) is 6.14. The van der Waals surface area contributed by atoms with Crippen LogP contribution in [0.15, 0.2) is 29.8 Å². The van der Waals surface area contributed by atoms with Gasteiger partial charge in [-0.25, -0.2) is 4.79 Å². The highest BCUT2D eigenvalue weighted by Gasteiger charge is 2.43. The summed E-state index contributed by atoms with van der Waals surface area (Å²) in [5.41, 5.74) is 3.78. The molecule has 4 nitrogen and oxygen atoms in total. The minimum Gasteiger partial charge on any atom is -0.325 e. The summed E-state index contributed by atoms with van der Waals surface area (Å²) in [5, 5.41) is 13.1. The first-order chi connectivity index (χ1) is 12.2. The maximum Gasteiger partial charge on any atom is 0.321 e. The molecule has 1 saturated heterocycles. The van der Waals surface area contributed by atoms with Crippen molar-refractivity contribution in [1.29, 1.82) is 5.26 Å².